The average molecular weight is 1470 g/mol. The number of carbonyl (C=O) groups is 4. The quantitative estimate of drug-likeness (QED) is 0.0262. The van der Waals surface area contributed by atoms with Crippen LogP contribution in [-0.4, -0.2) is 161 Å². The number of ether oxygens (including phenoxy) is 10. The number of aromatic hydroxyl groups is 2. The van der Waals surface area contributed by atoms with E-state index in [1.165, 1.54) is 21.0 Å². The predicted octanol–water partition coefficient (Wildman–Crippen LogP) is 8.31. The third-order valence-electron chi connectivity index (χ3n) is 20.6. The van der Waals surface area contributed by atoms with Crippen molar-refractivity contribution in [3.63, 3.8) is 0 Å². The summed E-state index contributed by atoms with van der Waals surface area (Å²) in [5.41, 5.74) is 11.2. The first-order chi connectivity index (χ1) is 47.5. The summed E-state index contributed by atoms with van der Waals surface area (Å²) in [6.07, 6.45) is 2.21. The van der Waals surface area contributed by atoms with Gasteiger partial charge in [0.05, 0.1) is 50.5 Å². The van der Waals surface area contributed by atoms with E-state index >= 15 is 0 Å². The summed E-state index contributed by atoms with van der Waals surface area (Å²) in [5, 5.41) is 60.0. The molecule has 8 aliphatic heterocycles. The number of carbonyl (C=O) groups excluding carboxylic acids is 4. The second-order valence-electron chi connectivity index (χ2n) is 26.1. The van der Waals surface area contributed by atoms with Crippen molar-refractivity contribution in [2.75, 3.05) is 55.1 Å². The van der Waals surface area contributed by atoms with Gasteiger partial charge >= 0.3 is 23.9 Å². The Morgan fingerprint density at radius 3 is 1.40 bits per heavy atom. The van der Waals surface area contributed by atoms with Crippen LogP contribution in [0.1, 0.15) is 129 Å². The van der Waals surface area contributed by atoms with E-state index in [0.717, 1.165) is 55.6 Å². The van der Waals surface area contributed by atoms with Gasteiger partial charge in [0, 0.05) is 112 Å². The molecule has 0 saturated carbocycles. The van der Waals surface area contributed by atoms with Crippen molar-refractivity contribution in [3.05, 3.63) is 161 Å². The minimum absolute atomic E-state index is 0. The van der Waals surface area contributed by atoms with E-state index in [1.807, 2.05) is 119 Å². The molecule has 2 fully saturated rings. The molecule has 4 N–H and O–H groups in total. The molecule has 2 saturated heterocycles. The molecule has 0 amide bonds. The van der Waals surface area contributed by atoms with Crippen molar-refractivity contribution in [2.24, 2.45) is 0 Å². The number of likely N-dealkylation sites (N-methyl/N-ethyl adjacent to an activating group) is 2. The smallest absolute Gasteiger partial charge is 0.308 e. The van der Waals surface area contributed by atoms with E-state index in [2.05, 4.69) is 20.8 Å². The van der Waals surface area contributed by atoms with Crippen LogP contribution in [0.5, 0.6) is 57.5 Å². The summed E-state index contributed by atoms with van der Waals surface area (Å²) in [6, 6.07) is 22.1. The molecule has 533 valence electrons. The molecule has 6 aromatic carbocycles. The molecule has 8 heterocycles. The number of nitriles is 1. The summed E-state index contributed by atoms with van der Waals surface area (Å²) < 4.78 is 58.9. The van der Waals surface area contributed by atoms with Gasteiger partial charge < -0.3 is 67.9 Å². The summed E-state index contributed by atoms with van der Waals surface area (Å²) in [5.74, 6) is 1.95. The van der Waals surface area contributed by atoms with Crippen LogP contribution in [-0.2, 0) is 89.6 Å². The maximum Gasteiger partial charge on any atom is 0.308 e. The molecule has 14 rings (SSSR count). The van der Waals surface area contributed by atoms with Gasteiger partial charge in [-0.15, -0.1) is 10.1 Å². The Balaban J connectivity index is 0.000000190. The number of esters is 4. The maximum atomic E-state index is 13.3. The molecular formula is C73H80AgN6O20. The number of hydrogen-bond acceptors (Lipinski definition) is 24. The van der Waals surface area contributed by atoms with Crippen LogP contribution < -0.4 is 37.9 Å². The fourth-order valence-electron chi connectivity index (χ4n) is 16.6. The maximum absolute atomic E-state index is 13.3. The molecule has 2 unspecified atom stereocenters. The Bertz CT molecular complexity index is 4230. The summed E-state index contributed by atoms with van der Waals surface area (Å²) in [7, 11) is 7.02. The van der Waals surface area contributed by atoms with Crippen LogP contribution in [0.25, 0.3) is 0 Å². The van der Waals surface area contributed by atoms with Gasteiger partial charge in [-0.2, -0.15) is 5.26 Å². The fourth-order valence-corrected chi connectivity index (χ4v) is 16.6. The molecule has 10 atom stereocenters. The minimum atomic E-state index is -1.50. The molecule has 26 nitrogen and oxygen atoms in total. The zero-order chi connectivity index (χ0) is 70.6. The summed E-state index contributed by atoms with van der Waals surface area (Å²) in [6.45, 7) is 9.97. The number of aliphatic hydroxyl groups is 1. The van der Waals surface area contributed by atoms with Crippen LogP contribution in [0.2, 0.25) is 0 Å². The van der Waals surface area contributed by atoms with Crippen molar-refractivity contribution in [3.8, 4) is 63.6 Å². The van der Waals surface area contributed by atoms with Gasteiger partial charge in [-0.3, -0.25) is 38.8 Å². The number of hydrogen-bond donors (Lipinski definition) is 4. The van der Waals surface area contributed by atoms with Crippen LogP contribution in [0.15, 0.2) is 72.8 Å². The summed E-state index contributed by atoms with van der Waals surface area (Å²) in [4.78, 5) is 68.1. The number of piperazine rings is 2. The Labute approximate surface area is 593 Å². The van der Waals surface area contributed by atoms with Gasteiger partial charge in [-0.25, -0.2) is 0 Å². The van der Waals surface area contributed by atoms with Crippen LogP contribution >= 0.6 is 0 Å². The fraction of sp³-hybridized carbons (Fsp3) is 0.438. The molecule has 0 aliphatic carbocycles. The molecule has 1 radical (unpaired) electrons. The van der Waals surface area contributed by atoms with Crippen molar-refractivity contribution in [2.45, 2.75) is 154 Å². The zero-order valence-corrected chi connectivity index (χ0v) is 58.5. The van der Waals surface area contributed by atoms with Gasteiger partial charge in [0.15, 0.2) is 46.0 Å². The van der Waals surface area contributed by atoms with Gasteiger partial charge in [0.1, 0.15) is 37.0 Å². The number of nitrogens with zero attached hydrogens (tertiary/aromatic N) is 6. The normalized spacial score (nSPS) is 23.0. The van der Waals surface area contributed by atoms with Gasteiger partial charge in [-0.05, 0) is 114 Å². The van der Waals surface area contributed by atoms with Crippen LogP contribution in [0.3, 0.4) is 0 Å². The third-order valence-corrected chi connectivity index (χ3v) is 20.6. The second kappa shape index (κ2) is 29.6. The number of phenolic OH excluding ortho intramolecular Hbond substituents is 2. The van der Waals surface area contributed by atoms with Crippen molar-refractivity contribution in [1.29, 1.82) is 5.26 Å². The molecule has 100 heavy (non-hydrogen) atoms. The number of aryl methyl sites for hydroxylation is 4. The van der Waals surface area contributed by atoms with E-state index in [1.54, 1.807) is 7.11 Å². The van der Waals surface area contributed by atoms with E-state index in [0.29, 0.717) is 107 Å². The zero-order valence-electron chi connectivity index (χ0n) is 57.0. The average Bonchev–Trinajstić information content (AvgIpc) is 0.848. The number of benzene rings is 6. The monoisotopic (exact) mass is 1470 g/mol. The van der Waals surface area contributed by atoms with Crippen molar-refractivity contribution in [1.82, 2.24) is 19.6 Å². The first kappa shape index (κ1) is 72.1. The predicted molar refractivity (Wildman–Crippen MR) is 352 cm³/mol. The number of fused-ring (bicyclic) bond motifs is 18. The standard InChI is InChI=1S/C37H39N3O8.C36H40N2O9.Ag.HNO3/c1-19-13-23-14-25-27(16-38)40-26(32(39(25)4)30(23)33(43)34(19)44-5)15-24-31(37-36(46-18-47-37)20(2)35(24)48-21(3)41)28(40)17-45-29(42)12-11-22-9-7-6-8-10-22;1-18-13-22-14-25-36(42)38-24(30(37(25)4)28(22)31(41)32(18)43-5)15-23-29(35-34(45-17-46-35)19(2)33(23)47-20(3)39)26(38)16-44-27(40)12-11-21-9-7-6-8-10-21;;2-1(3)4/h6-10,13,25-28,32,43H,11-12,14-15,17-18H2,1-5H3;6-10,13,24-26,30,36,41-42H,11-12,14-17H2,1-5H3;;(H,2,3,4)/t25-,26?,27-,28-,32-;24?,25-,26-,30-,36-;;/m00../s1. The Morgan fingerprint density at radius 2 is 0.990 bits per heavy atom. The molecular weight excluding hydrogens is 1390 g/mol. The number of aliphatic hydroxyl groups excluding tert-OH is 1. The Morgan fingerprint density at radius 1 is 0.600 bits per heavy atom. The van der Waals surface area contributed by atoms with E-state index in [9.17, 15) is 39.8 Å². The largest absolute Gasteiger partial charge is 0.504 e. The minimum Gasteiger partial charge on any atom is -0.504 e. The number of phenols is 2. The third kappa shape index (κ3) is 13.1. The van der Waals surface area contributed by atoms with Crippen LogP contribution in [0, 0.1) is 49.1 Å². The Hall–Kier alpha value is -9.17. The number of rotatable bonds is 14. The molecule has 0 aromatic heterocycles. The van der Waals surface area contributed by atoms with Gasteiger partial charge in [0.2, 0.25) is 13.6 Å². The molecule has 8 aliphatic rings. The number of methoxy groups -OCH3 is 2. The Kier molecular flexibility index (Phi) is 21.3. The van der Waals surface area contributed by atoms with Crippen LogP contribution in [0.4, 0.5) is 0 Å². The first-order valence-corrected chi connectivity index (χ1v) is 32.8. The van der Waals surface area contributed by atoms with E-state index in [-0.39, 0.29) is 116 Å². The SMILES string of the molecule is COc1c(C)cc2c(c1O)[C@@H]1C3Cc4c(OC(C)=O)c(C)c5c(c4[C@H](COC(=O)CCc4ccccc4)N3[C@@H](C#N)[C@H](C2)N1C)OCO5.COc1c(C)cc2c(c1O)[C@@H]1C3Cc4c(OC(C)=O)c(C)c5c(c4[C@H](COC(=O)CCc4ccccc4)N3[C@@H](O)[C@H](C2)N1C)OCO5.O=[N+]([O-])O.[Ag]. The van der Waals surface area contributed by atoms with E-state index in [4.69, 9.17) is 62.7 Å². The first-order valence-electron chi connectivity index (χ1n) is 32.8. The summed E-state index contributed by atoms with van der Waals surface area (Å²) >= 11 is 0. The van der Waals surface area contributed by atoms with Gasteiger partial charge in [-0.1, -0.05) is 72.8 Å². The van der Waals surface area contributed by atoms with Crippen molar-refractivity contribution >= 4 is 23.9 Å². The second-order valence-corrected chi connectivity index (χ2v) is 26.1. The molecule has 4 bridgehead atoms. The molecule has 27 heteroatoms. The topological polar surface area (TPSA) is 321 Å². The molecule has 6 aromatic rings. The van der Waals surface area contributed by atoms with E-state index < -0.39 is 47.4 Å². The molecule has 0 spiro atoms. The van der Waals surface area contributed by atoms with Gasteiger partial charge in [0.25, 0.3) is 5.09 Å². The van der Waals surface area contributed by atoms with Crippen molar-refractivity contribution < 1.29 is 115 Å².